The monoisotopic (exact) mass is 302 g/mol. The number of benzene rings is 1. The van der Waals surface area contributed by atoms with Gasteiger partial charge in [-0.2, -0.15) is 0 Å². The fourth-order valence-corrected chi connectivity index (χ4v) is 2.96. The summed E-state index contributed by atoms with van der Waals surface area (Å²) < 4.78 is 11.1. The number of ether oxygens (including phenoxy) is 2. The summed E-state index contributed by atoms with van der Waals surface area (Å²) in [5.41, 5.74) is 2.15. The number of esters is 1. The Morgan fingerprint density at radius 3 is 2.59 bits per heavy atom. The van der Waals surface area contributed by atoms with Crippen molar-refractivity contribution in [1.29, 1.82) is 0 Å². The highest BCUT2D eigenvalue weighted by molar-refractivity contribution is 5.78. The molecule has 1 aliphatic carbocycles. The van der Waals surface area contributed by atoms with Crippen molar-refractivity contribution < 1.29 is 14.3 Å². The smallest absolute Gasteiger partial charge is 0.310 e. The second-order valence-electron chi connectivity index (χ2n) is 6.72. The predicted octanol–water partition coefficient (Wildman–Crippen LogP) is 4.37. The van der Waals surface area contributed by atoms with Crippen LogP contribution in [-0.4, -0.2) is 12.6 Å². The van der Waals surface area contributed by atoms with Gasteiger partial charge in [0.1, 0.15) is 12.4 Å². The number of carbonyl (C=O) groups is 1. The Balaban J connectivity index is 1.98. The van der Waals surface area contributed by atoms with Gasteiger partial charge in [0.25, 0.3) is 0 Å². The minimum atomic E-state index is -0.112. The Bertz CT molecular complexity index is 568. The van der Waals surface area contributed by atoms with Crippen molar-refractivity contribution in [2.45, 2.75) is 41.2 Å². The first-order valence-corrected chi connectivity index (χ1v) is 7.90. The van der Waals surface area contributed by atoms with Gasteiger partial charge < -0.3 is 9.47 Å². The third-order valence-corrected chi connectivity index (χ3v) is 4.32. The van der Waals surface area contributed by atoms with E-state index in [1.54, 1.807) is 0 Å². The van der Waals surface area contributed by atoms with Crippen molar-refractivity contribution in [3.05, 3.63) is 41.5 Å². The molecule has 0 amide bonds. The van der Waals surface area contributed by atoms with Gasteiger partial charge in [-0.05, 0) is 38.2 Å². The molecule has 1 saturated carbocycles. The van der Waals surface area contributed by atoms with E-state index in [-0.39, 0.29) is 29.8 Å². The first kappa shape index (κ1) is 16.6. The predicted molar refractivity (Wildman–Crippen MR) is 87.6 cm³/mol. The van der Waals surface area contributed by atoms with Gasteiger partial charge >= 0.3 is 5.97 Å². The summed E-state index contributed by atoms with van der Waals surface area (Å²) in [5, 5.41) is 0. The van der Waals surface area contributed by atoms with Crippen molar-refractivity contribution in [3.8, 4) is 5.75 Å². The van der Waals surface area contributed by atoms with Gasteiger partial charge in [0.15, 0.2) is 0 Å². The lowest BCUT2D eigenvalue weighted by Gasteiger charge is -2.10. The van der Waals surface area contributed by atoms with Crippen LogP contribution in [0.2, 0.25) is 0 Å². The van der Waals surface area contributed by atoms with E-state index in [9.17, 15) is 4.79 Å². The molecule has 3 heteroatoms. The summed E-state index contributed by atoms with van der Waals surface area (Å²) in [6.07, 6.45) is 2.18. The fourth-order valence-electron chi connectivity index (χ4n) is 2.96. The van der Waals surface area contributed by atoms with Crippen LogP contribution in [-0.2, 0) is 16.1 Å². The standard InChI is InChI=1S/C19H26O3/c1-6-21-16-10-8-7-9-14(16)12-22-18(20)17-15(11-13(2)3)19(17,4)5/h7-11,15,17H,6,12H2,1-5H3. The second-order valence-corrected chi connectivity index (χ2v) is 6.72. The Morgan fingerprint density at radius 1 is 1.27 bits per heavy atom. The Kier molecular flexibility index (Phi) is 4.94. The van der Waals surface area contributed by atoms with Crippen molar-refractivity contribution in [2.75, 3.05) is 6.61 Å². The molecule has 1 aromatic carbocycles. The molecule has 0 saturated heterocycles. The zero-order chi connectivity index (χ0) is 16.3. The van der Waals surface area contributed by atoms with Crippen molar-refractivity contribution in [1.82, 2.24) is 0 Å². The number of hydrogen-bond acceptors (Lipinski definition) is 3. The lowest BCUT2D eigenvalue weighted by Crippen LogP contribution is -2.11. The molecule has 0 bridgehead atoms. The van der Waals surface area contributed by atoms with Gasteiger partial charge in [-0.1, -0.05) is 43.7 Å². The van der Waals surface area contributed by atoms with Gasteiger partial charge in [-0.15, -0.1) is 0 Å². The van der Waals surface area contributed by atoms with Crippen LogP contribution in [0.5, 0.6) is 5.75 Å². The molecule has 0 spiro atoms. The number of para-hydroxylation sites is 1. The molecule has 0 radical (unpaired) electrons. The molecule has 2 unspecified atom stereocenters. The van der Waals surface area contributed by atoms with E-state index >= 15 is 0 Å². The van der Waals surface area contributed by atoms with Crippen LogP contribution < -0.4 is 4.74 Å². The highest BCUT2D eigenvalue weighted by Crippen LogP contribution is 2.59. The summed E-state index contributed by atoms with van der Waals surface area (Å²) in [5.74, 6) is 0.918. The highest BCUT2D eigenvalue weighted by atomic mass is 16.5. The molecule has 0 aliphatic heterocycles. The van der Waals surface area contributed by atoms with E-state index in [4.69, 9.17) is 9.47 Å². The molecule has 2 atom stereocenters. The third kappa shape index (κ3) is 3.52. The first-order chi connectivity index (χ1) is 10.4. The zero-order valence-corrected chi connectivity index (χ0v) is 14.2. The quantitative estimate of drug-likeness (QED) is 0.578. The fraction of sp³-hybridized carbons (Fsp3) is 0.526. The number of allylic oxidation sites excluding steroid dienone is 2. The Morgan fingerprint density at radius 2 is 1.95 bits per heavy atom. The molecule has 1 aromatic rings. The van der Waals surface area contributed by atoms with E-state index in [1.807, 2.05) is 31.2 Å². The minimum absolute atomic E-state index is 0.00616. The topological polar surface area (TPSA) is 35.5 Å². The molecular weight excluding hydrogens is 276 g/mol. The second kappa shape index (κ2) is 6.55. The average molecular weight is 302 g/mol. The average Bonchev–Trinajstić information content (AvgIpc) is 2.98. The molecule has 2 rings (SSSR count). The van der Waals surface area contributed by atoms with E-state index in [1.165, 1.54) is 5.57 Å². The van der Waals surface area contributed by atoms with Crippen LogP contribution in [0.15, 0.2) is 35.9 Å². The summed E-state index contributed by atoms with van der Waals surface area (Å²) >= 11 is 0. The van der Waals surface area contributed by atoms with E-state index in [0.717, 1.165) is 11.3 Å². The molecule has 1 fully saturated rings. The molecule has 0 N–H and O–H groups in total. The van der Waals surface area contributed by atoms with Crippen LogP contribution in [0, 0.1) is 17.3 Å². The van der Waals surface area contributed by atoms with Crippen LogP contribution >= 0.6 is 0 Å². The summed E-state index contributed by atoms with van der Waals surface area (Å²) in [6, 6.07) is 7.69. The third-order valence-electron chi connectivity index (χ3n) is 4.32. The maximum absolute atomic E-state index is 12.4. The van der Waals surface area contributed by atoms with Gasteiger partial charge in [0.2, 0.25) is 0 Å². The number of carbonyl (C=O) groups excluding carboxylic acids is 1. The number of rotatable bonds is 6. The van der Waals surface area contributed by atoms with Gasteiger partial charge in [-0.3, -0.25) is 4.79 Å². The highest BCUT2D eigenvalue weighted by Gasteiger charge is 2.61. The summed E-state index contributed by atoms with van der Waals surface area (Å²) in [6.45, 7) is 11.2. The molecule has 0 aromatic heterocycles. The lowest BCUT2D eigenvalue weighted by molar-refractivity contribution is -0.147. The van der Waals surface area contributed by atoms with Crippen molar-refractivity contribution in [2.24, 2.45) is 17.3 Å². The molecule has 3 nitrogen and oxygen atoms in total. The lowest BCUT2D eigenvalue weighted by atomic mass is 10.1. The van der Waals surface area contributed by atoms with Crippen molar-refractivity contribution in [3.63, 3.8) is 0 Å². The zero-order valence-electron chi connectivity index (χ0n) is 14.2. The van der Waals surface area contributed by atoms with Gasteiger partial charge in [0, 0.05) is 5.56 Å². The van der Waals surface area contributed by atoms with Gasteiger partial charge in [0.05, 0.1) is 12.5 Å². The summed E-state index contributed by atoms with van der Waals surface area (Å²) in [4.78, 5) is 12.4. The SMILES string of the molecule is CCOc1ccccc1COC(=O)C1C(C=C(C)C)C1(C)C. The van der Waals surface area contributed by atoms with E-state index < -0.39 is 0 Å². The van der Waals surface area contributed by atoms with E-state index in [2.05, 4.69) is 33.8 Å². The van der Waals surface area contributed by atoms with Crippen LogP contribution in [0.25, 0.3) is 0 Å². The first-order valence-electron chi connectivity index (χ1n) is 7.90. The van der Waals surface area contributed by atoms with Crippen molar-refractivity contribution >= 4 is 5.97 Å². The molecule has 120 valence electrons. The maximum Gasteiger partial charge on any atom is 0.310 e. The Labute approximate surface area is 133 Å². The minimum Gasteiger partial charge on any atom is -0.493 e. The molecular formula is C19H26O3. The normalized spacial score (nSPS) is 21.9. The maximum atomic E-state index is 12.4. The Hall–Kier alpha value is -1.77. The van der Waals surface area contributed by atoms with Crippen LogP contribution in [0.1, 0.15) is 40.2 Å². The molecule has 0 heterocycles. The van der Waals surface area contributed by atoms with Crippen LogP contribution in [0.3, 0.4) is 0 Å². The molecule has 1 aliphatic rings. The molecule has 22 heavy (non-hydrogen) atoms. The number of hydrogen-bond donors (Lipinski definition) is 0. The summed E-state index contributed by atoms with van der Waals surface area (Å²) in [7, 11) is 0. The van der Waals surface area contributed by atoms with Gasteiger partial charge in [-0.25, -0.2) is 0 Å². The van der Waals surface area contributed by atoms with E-state index in [0.29, 0.717) is 6.61 Å². The largest absolute Gasteiger partial charge is 0.493 e. The van der Waals surface area contributed by atoms with Crippen LogP contribution in [0.4, 0.5) is 0 Å².